The van der Waals surface area contributed by atoms with Gasteiger partial charge < -0.3 is 10.1 Å². The topological polar surface area (TPSA) is 38.3 Å². The number of methoxy groups -OCH3 is 1. The van der Waals surface area contributed by atoms with Gasteiger partial charge in [0.2, 0.25) is 0 Å². The van der Waals surface area contributed by atoms with Crippen molar-refractivity contribution in [2.45, 2.75) is 18.4 Å². The van der Waals surface area contributed by atoms with E-state index >= 15 is 0 Å². The van der Waals surface area contributed by atoms with Crippen molar-refractivity contribution in [3.05, 3.63) is 76.3 Å². The quantitative estimate of drug-likeness (QED) is 0.621. The number of rotatable bonds is 2. The Bertz CT molecular complexity index is 813. The van der Waals surface area contributed by atoms with Crippen LogP contribution < -0.4 is 5.32 Å². The molecule has 0 radical (unpaired) electrons. The van der Waals surface area contributed by atoms with Crippen molar-refractivity contribution in [1.29, 1.82) is 0 Å². The Morgan fingerprint density at radius 1 is 1.21 bits per heavy atom. The third-order valence-electron chi connectivity index (χ3n) is 5.01. The van der Waals surface area contributed by atoms with Gasteiger partial charge in [0.1, 0.15) is 0 Å². The maximum Gasteiger partial charge on any atom is 0.337 e. The third kappa shape index (κ3) is 2.49. The fourth-order valence-electron chi connectivity index (χ4n) is 3.84. The van der Waals surface area contributed by atoms with Gasteiger partial charge in [-0.25, -0.2) is 4.79 Å². The van der Waals surface area contributed by atoms with Crippen molar-refractivity contribution >= 4 is 23.3 Å². The van der Waals surface area contributed by atoms with E-state index in [1.807, 2.05) is 30.3 Å². The molecular formula is C20H18ClNO2. The molecule has 4 rings (SSSR count). The summed E-state index contributed by atoms with van der Waals surface area (Å²) >= 11 is 6.03. The van der Waals surface area contributed by atoms with Gasteiger partial charge in [0.15, 0.2) is 0 Å². The predicted octanol–water partition coefficient (Wildman–Crippen LogP) is 4.95. The normalized spacial score (nSPS) is 24.0. The van der Waals surface area contributed by atoms with Crippen molar-refractivity contribution in [2.75, 3.05) is 12.4 Å². The number of hydrogen-bond donors (Lipinski definition) is 1. The van der Waals surface area contributed by atoms with Gasteiger partial charge in [-0.1, -0.05) is 35.9 Å². The molecule has 3 atom stereocenters. The zero-order chi connectivity index (χ0) is 16.7. The van der Waals surface area contributed by atoms with Gasteiger partial charge in [0.05, 0.1) is 18.7 Å². The number of carbonyl (C=O) groups excluding carboxylic acids is 1. The molecule has 0 saturated heterocycles. The first-order chi connectivity index (χ1) is 11.7. The molecule has 122 valence electrons. The Kier molecular flexibility index (Phi) is 3.81. The van der Waals surface area contributed by atoms with Crippen LogP contribution in [-0.2, 0) is 4.74 Å². The van der Waals surface area contributed by atoms with Crippen LogP contribution in [0.1, 0.15) is 39.9 Å². The Balaban J connectivity index is 1.74. The summed E-state index contributed by atoms with van der Waals surface area (Å²) in [5.41, 5.74) is 4.08. The monoisotopic (exact) mass is 339 g/mol. The van der Waals surface area contributed by atoms with Gasteiger partial charge in [0.25, 0.3) is 0 Å². The molecule has 0 fully saturated rings. The summed E-state index contributed by atoms with van der Waals surface area (Å²) in [5.74, 6) is 0.453. The maximum atomic E-state index is 11.8. The lowest BCUT2D eigenvalue weighted by atomic mass is 9.76. The lowest BCUT2D eigenvalue weighted by molar-refractivity contribution is 0.0600. The largest absolute Gasteiger partial charge is 0.465 e. The van der Waals surface area contributed by atoms with Gasteiger partial charge >= 0.3 is 5.97 Å². The van der Waals surface area contributed by atoms with E-state index in [4.69, 9.17) is 16.3 Å². The number of nitrogens with one attached hydrogen (secondary N) is 1. The van der Waals surface area contributed by atoms with Crippen LogP contribution in [0.25, 0.3) is 0 Å². The minimum atomic E-state index is -0.295. The molecule has 2 aromatic carbocycles. The number of carbonyl (C=O) groups is 1. The molecule has 0 bridgehead atoms. The van der Waals surface area contributed by atoms with E-state index in [9.17, 15) is 4.79 Å². The van der Waals surface area contributed by atoms with Gasteiger partial charge in [-0.3, -0.25) is 0 Å². The molecule has 0 unspecified atom stereocenters. The van der Waals surface area contributed by atoms with Crippen LogP contribution >= 0.6 is 11.6 Å². The molecule has 0 aromatic heterocycles. The van der Waals surface area contributed by atoms with Crippen LogP contribution in [-0.4, -0.2) is 13.1 Å². The highest BCUT2D eigenvalue weighted by molar-refractivity contribution is 6.30. The first-order valence-electron chi connectivity index (χ1n) is 8.08. The SMILES string of the molecule is COC(=O)c1ccc2c(c1)[C@@H]1C=CC[C@H]1[C@H](c1ccc(Cl)cc1)N2. The smallest absolute Gasteiger partial charge is 0.337 e. The Morgan fingerprint density at radius 3 is 2.75 bits per heavy atom. The zero-order valence-electron chi connectivity index (χ0n) is 13.3. The van der Waals surface area contributed by atoms with Crippen LogP contribution in [0.15, 0.2) is 54.6 Å². The Morgan fingerprint density at radius 2 is 2.00 bits per heavy atom. The predicted molar refractivity (Wildman–Crippen MR) is 95.6 cm³/mol. The molecule has 4 heteroatoms. The molecule has 3 nitrogen and oxygen atoms in total. The zero-order valence-corrected chi connectivity index (χ0v) is 14.1. The van der Waals surface area contributed by atoms with Gasteiger partial charge in [-0.05, 0) is 53.8 Å². The van der Waals surface area contributed by atoms with Crippen LogP contribution in [0.3, 0.4) is 0 Å². The summed E-state index contributed by atoms with van der Waals surface area (Å²) in [4.78, 5) is 11.8. The first-order valence-corrected chi connectivity index (χ1v) is 8.46. The van der Waals surface area contributed by atoms with Gasteiger partial charge in [-0.15, -0.1) is 0 Å². The molecule has 1 aliphatic heterocycles. The minimum Gasteiger partial charge on any atom is -0.465 e. The number of anilines is 1. The fourth-order valence-corrected chi connectivity index (χ4v) is 3.97. The van der Waals surface area contributed by atoms with Crippen LogP contribution in [0.2, 0.25) is 5.02 Å². The Hall–Kier alpha value is -2.26. The first kappa shape index (κ1) is 15.3. The van der Waals surface area contributed by atoms with Crippen molar-refractivity contribution in [3.63, 3.8) is 0 Å². The lowest BCUT2D eigenvalue weighted by Gasteiger charge is -2.37. The second kappa shape index (κ2) is 5.99. The van der Waals surface area contributed by atoms with Crippen LogP contribution in [0.5, 0.6) is 0 Å². The summed E-state index contributed by atoms with van der Waals surface area (Å²) < 4.78 is 4.85. The molecule has 1 heterocycles. The van der Waals surface area contributed by atoms with E-state index < -0.39 is 0 Å². The highest BCUT2D eigenvalue weighted by atomic mass is 35.5. The minimum absolute atomic E-state index is 0.235. The van der Waals surface area contributed by atoms with Crippen LogP contribution in [0.4, 0.5) is 5.69 Å². The molecule has 0 saturated carbocycles. The van der Waals surface area contributed by atoms with Crippen molar-refractivity contribution in [3.8, 4) is 0 Å². The number of halogens is 1. The van der Waals surface area contributed by atoms with Gasteiger partial charge in [0, 0.05) is 16.6 Å². The second-order valence-electron chi connectivity index (χ2n) is 6.32. The molecule has 1 aliphatic carbocycles. The average molecular weight is 340 g/mol. The molecule has 1 N–H and O–H groups in total. The van der Waals surface area contributed by atoms with E-state index in [1.54, 1.807) is 0 Å². The molecule has 2 aliphatic rings. The number of fused-ring (bicyclic) bond motifs is 3. The Labute approximate surface area is 146 Å². The summed E-state index contributed by atoms with van der Waals surface area (Å²) in [6.45, 7) is 0. The van der Waals surface area contributed by atoms with Crippen LogP contribution in [0, 0.1) is 5.92 Å². The molecular weight excluding hydrogens is 322 g/mol. The van der Waals surface area contributed by atoms with E-state index in [0.29, 0.717) is 17.4 Å². The van der Waals surface area contributed by atoms with Crippen molar-refractivity contribution < 1.29 is 9.53 Å². The second-order valence-corrected chi connectivity index (χ2v) is 6.76. The fraction of sp³-hybridized carbons (Fsp3) is 0.250. The van der Waals surface area contributed by atoms with Crippen molar-refractivity contribution in [2.24, 2.45) is 5.92 Å². The molecule has 24 heavy (non-hydrogen) atoms. The highest BCUT2D eigenvalue weighted by Crippen LogP contribution is 2.50. The van der Waals surface area contributed by atoms with Crippen molar-refractivity contribution in [1.82, 2.24) is 0 Å². The molecule has 2 aromatic rings. The van der Waals surface area contributed by atoms with E-state index in [0.717, 1.165) is 17.1 Å². The number of esters is 1. The number of allylic oxidation sites excluding steroid dienone is 2. The lowest BCUT2D eigenvalue weighted by Crippen LogP contribution is -2.29. The number of ether oxygens (including phenoxy) is 1. The summed E-state index contributed by atoms with van der Waals surface area (Å²) in [5, 5.41) is 4.40. The van der Waals surface area contributed by atoms with E-state index in [2.05, 4.69) is 29.6 Å². The standard InChI is InChI=1S/C20H18ClNO2/c1-24-20(23)13-7-10-18-17(11-13)15-3-2-4-16(15)19(22-18)12-5-8-14(21)9-6-12/h2-3,5-11,15-16,19,22H,4H2,1H3/t15-,16-,19+/m1/s1. The van der Waals surface area contributed by atoms with E-state index in [-0.39, 0.29) is 12.0 Å². The molecule has 0 spiro atoms. The highest BCUT2D eigenvalue weighted by Gasteiger charge is 2.38. The summed E-state index contributed by atoms with van der Waals surface area (Å²) in [6, 6.07) is 14.0. The number of hydrogen-bond acceptors (Lipinski definition) is 3. The summed E-state index contributed by atoms with van der Waals surface area (Å²) in [7, 11) is 1.41. The maximum absolute atomic E-state index is 11.8. The number of benzene rings is 2. The summed E-state index contributed by atoms with van der Waals surface area (Å²) in [6.07, 6.45) is 5.51. The van der Waals surface area contributed by atoms with Gasteiger partial charge in [-0.2, -0.15) is 0 Å². The average Bonchev–Trinajstić information content (AvgIpc) is 3.11. The third-order valence-corrected chi connectivity index (χ3v) is 5.26. The molecule has 0 amide bonds. The van der Waals surface area contributed by atoms with E-state index in [1.165, 1.54) is 18.2 Å².